The quantitative estimate of drug-likeness (QED) is 0.0437. The molecule has 0 fully saturated rings. The van der Waals surface area contributed by atoms with Crippen molar-refractivity contribution in [2.45, 2.75) is 13.3 Å². The Balaban J connectivity index is 0.000000259. The van der Waals surface area contributed by atoms with Crippen LogP contribution in [0.1, 0.15) is 13.3 Å². The van der Waals surface area contributed by atoms with Crippen LogP contribution < -0.4 is 31.8 Å². The summed E-state index contributed by atoms with van der Waals surface area (Å²) in [6.07, 6.45) is 1.08. The van der Waals surface area contributed by atoms with E-state index in [1.165, 1.54) is 31.8 Å². The minimum absolute atomic E-state index is 0. The Morgan fingerprint density at radius 3 is 1.41 bits per heavy atom. The normalized spacial score (nSPS) is 10.0. The predicted molar refractivity (Wildman–Crippen MR) is 217 cm³/mol. The van der Waals surface area contributed by atoms with Gasteiger partial charge in [-0.3, -0.25) is 0 Å². The molecule has 0 spiro atoms. The molecule has 260 valence electrons. The van der Waals surface area contributed by atoms with E-state index < -0.39 is 15.8 Å². The maximum Gasteiger partial charge on any atom is 0.0892 e. The first-order valence-corrected chi connectivity index (χ1v) is 18.8. The van der Waals surface area contributed by atoms with Gasteiger partial charge in [0, 0.05) is 23.6 Å². The summed E-state index contributed by atoms with van der Waals surface area (Å²) < 4.78 is 0. The third-order valence-electron chi connectivity index (χ3n) is 7.04. The summed E-state index contributed by atoms with van der Waals surface area (Å²) in [6.45, 7) is 4.67. The first kappa shape index (κ1) is 41.8. The summed E-state index contributed by atoms with van der Waals surface area (Å²) >= 11 is 0. The minimum atomic E-state index is -0.409. The van der Waals surface area contributed by atoms with E-state index in [4.69, 9.17) is 0 Å². The van der Waals surface area contributed by atoms with Crippen molar-refractivity contribution in [2.24, 2.45) is 9.98 Å². The van der Waals surface area contributed by atoms with Crippen LogP contribution in [-0.2, 0) is 17.1 Å². The van der Waals surface area contributed by atoms with Crippen molar-refractivity contribution >= 4 is 66.1 Å². The average molecular weight is 746 g/mol. The fourth-order valence-electron chi connectivity index (χ4n) is 4.87. The SMILES string of the molecule is CCN=C=NCCCN(C)C.Cl.[Fe].c1ccc(P(c2ccccc2)[c-]2[cH-][cH-][cH-][cH-]2)cc1.c1ccc(P(c2ccccc2)[c-]2cccc2)cc1. The molecule has 0 amide bonds. The molecule has 0 saturated carbocycles. The molecule has 0 bridgehead atoms. The maximum atomic E-state index is 3.99. The molecule has 0 aromatic heterocycles. The van der Waals surface area contributed by atoms with E-state index in [9.17, 15) is 0 Å². The molecular weight excluding hydrogens is 700 g/mol. The van der Waals surface area contributed by atoms with Crippen LogP contribution >= 0.6 is 28.3 Å². The number of halogens is 1. The Bertz CT molecular complexity index is 1500. The number of benzene rings is 4. The third kappa shape index (κ3) is 14.5. The second kappa shape index (κ2) is 24.7. The van der Waals surface area contributed by atoms with Crippen molar-refractivity contribution in [3.05, 3.63) is 170 Å². The van der Waals surface area contributed by atoms with Gasteiger partial charge in [0.2, 0.25) is 0 Å². The van der Waals surface area contributed by atoms with Crippen molar-refractivity contribution in [1.29, 1.82) is 0 Å². The van der Waals surface area contributed by atoms with Crippen LogP contribution in [0, 0.1) is 0 Å². The predicted octanol–water partition coefficient (Wildman–Crippen LogP) is 7.88. The monoisotopic (exact) mass is 745 g/mol. The molecule has 0 unspecified atom stereocenters. The number of nitrogens with zero attached hydrogens (tertiary/aromatic N) is 3. The Kier molecular flexibility index (Phi) is 21.0. The molecule has 0 N–H and O–H groups in total. The zero-order valence-electron chi connectivity index (χ0n) is 28.5. The topological polar surface area (TPSA) is 28.0 Å². The molecule has 7 heteroatoms. The largest absolute Gasteiger partial charge is 0.747 e. The van der Waals surface area contributed by atoms with Gasteiger partial charge >= 0.3 is 0 Å². The van der Waals surface area contributed by atoms with Crippen molar-refractivity contribution in [3.8, 4) is 0 Å². The van der Waals surface area contributed by atoms with Crippen molar-refractivity contribution in [3.63, 3.8) is 0 Å². The summed E-state index contributed by atoms with van der Waals surface area (Å²) in [5.74, 6) is 0. The summed E-state index contributed by atoms with van der Waals surface area (Å²) in [7, 11) is 3.30. The van der Waals surface area contributed by atoms with E-state index in [0.717, 1.165) is 26.1 Å². The Hall–Kier alpha value is -3.41. The molecule has 0 atom stereocenters. The molecule has 0 aliphatic rings. The number of hydrogen-bond donors (Lipinski definition) is 0. The molecule has 6 aromatic carbocycles. The van der Waals surface area contributed by atoms with Crippen LogP contribution in [0.3, 0.4) is 0 Å². The summed E-state index contributed by atoms with van der Waals surface area (Å²) in [5, 5.41) is 8.47. The van der Waals surface area contributed by atoms with E-state index in [1.54, 1.807) is 0 Å². The van der Waals surface area contributed by atoms with Crippen LogP contribution in [0.2, 0.25) is 0 Å². The second-order valence-electron chi connectivity index (χ2n) is 10.9. The van der Waals surface area contributed by atoms with Gasteiger partial charge in [0.05, 0.1) is 12.6 Å². The number of hydrogen-bond acceptors (Lipinski definition) is 3. The van der Waals surface area contributed by atoms with Gasteiger partial charge < -0.3 is 34.5 Å². The fraction of sp³-hybridized carbons (Fsp3) is 0.167. The van der Waals surface area contributed by atoms with Gasteiger partial charge in [0.15, 0.2) is 0 Å². The van der Waals surface area contributed by atoms with Gasteiger partial charge in [-0.05, 0) is 44.6 Å². The summed E-state index contributed by atoms with van der Waals surface area (Å²) in [6, 6.07) is 63.1. The average Bonchev–Trinajstić information content (AvgIpc) is 3.85. The van der Waals surface area contributed by atoms with Crippen LogP contribution in [0.25, 0.3) is 0 Å². The number of rotatable bonds is 11. The molecule has 49 heavy (non-hydrogen) atoms. The molecule has 6 rings (SSSR count). The molecular formula is C42H46ClFeN3P2-6. The smallest absolute Gasteiger partial charge is 0.0892 e. The molecule has 3 nitrogen and oxygen atoms in total. The van der Waals surface area contributed by atoms with Gasteiger partial charge in [-0.15, -0.1) is 17.7 Å². The third-order valence-corrected chi connectivity index (χ3v) is 11.9. The van der Waals surface area contributed by atoms with E-state index in [-0.39, 0.29) is 29.5 Å². The van der Waals surface area contributed by atoms with Crippen molar-refractivity contribution in [2.75, 3.05) is 33.7 Å². The van der Waals surface area contributed by atoms with Gasteiger partial charge in [-0.2, -0.15) is 12.1 Å². The first-order chi connectivity index (χ1) is 23.2. The van der Waals surface area contributed by atoms with E-state index in [2.05, 4.69) is 205 Å². The molecule has 0 saturated heterocycles. The van der Waals surface area contributed by atoms with Gasteiger partial charge in [-0.25, -0.2) is 30.0 Å². The van der Waals surface area contributed by atoms with Crippen molar-refractivity contribution < 1.29 is 17.1 Å². The Morgan fingerprint density at radius 1 is 0.612 bits per heavy atom. The summed E-state index contributed by atoms with van der Waals surface area (Å²) in [4.78, 5) is 9.99. The first-order valence-electron chi connectivity index (χ1n) is 16.1. The molecule has 0 aliphatic carbocycles. The van der Waals surface area contributed by atoms with E-state index >= 15 is 0 Å². The van der Waals surface area contributed by atoms with Crippen LogP contribution in [0.5, 0.6) is 0 Å². The second-order valence-corrected chi connectivity index (χ2v) is 15.4. The van der Waals surface area contributed by atoms with Crippen LogP contribution in [0.15, 0.2) is 180 Å². The fourth-order valence-corrected chi connectivity index (χ4v) is 9.48. The van der Waals surface area contributed by atoms with E-state index in [1.807, 2.05) is 6.92 Å². The van der Waals surface area contributed by atoms with Crippen LogP contribution in [-0.4, -0.2) is 44.6 Å². The maximum absolute atomic E-state index is 3.99. The summed E-state index contributed by atoms with van der Waals surface area (Å²) in [5.41, 5.74) is 0. The Morgan fingerprint density at radius 2 is 1.02 bits per heavy atom. The molecule has 0 aliphatic heterocycles. The number of aliphatic imine (C=N–C) groups is 2. The Labute approximate surface area is 313 Å². The molecule has 0 heterocycles. The van der Waals surface area contributed by atoms with Crippen molar-refractivity contribution in [1.82, 2.24) is 4.90 Å². The minimum Gasteiger partial charge on any atom is -0.747 e. The van der Waals surface area contributed by atoms with Crippen LogP contribution in [0.4, 0.5) is 0 Å². The van der Waals surface area contributed by atoms with E-state index in [0.29, 0.717) is 0 Å². The van der Waals surface area contributed by atoms with Gasteiger partial charge in [0.1, 0.15) is 0 Å². The van der Waals surface area contributed by atoms with Gasteiger partial charge in [-0.1, -0.05) is 140 Å². The molecule has 6 aromatic rings. The zero-order chi connectivity index (χ0) is 32.9. The molecule has 0 radical (unpaired) electrons. The zero-order valence-corrected chi connectivity index (χ0v) is 32.2. The standard InChI is InChI=1S/2C17H14P.C8H17N3.ClH.Fe/c2*1-3-9-15(10-4-1)18(17-13-7-8-14-17)16-11-5-2-6-12-16;1-4-9-8-10-6-5-7-11(2)3;;/h2*1-14H;4-7H2,1-3H3;1H;/q-5;-1;;;. The van der Waals surface area contributed by atoms with Gasteiger partial charge in [0.25, 0.3) is 0 Å².